The van der Waals surface area contributed by atoms with Gasteiger partial charge in [0.25, 0.3) is 10.0 Å². The van der Waals surface area contributed by atoms with E-state index in [1.54, 1.807) is 28.8 Å². The number of amides is 1. The Labute approximate surface area is 150 Å². The van der Waals surface area contributed by atoms with Crippen LogP contribution >= 0.6 is 22.7 Å². The largest absolute Gasteiger partial charge is 0.351 e. The van der Waals surface area contributed by atoms with Crippen molar-refractivity contribution in [1.29, 1.82) is 0 Å². The molecule has 2 aromatic rings. The minimum Gasteiger partial charge on any atom is -0.351 e. The maximum Gasteiger partial charge on any atom is 0.252 e. The van der Waals surface area contributed by atoms with Crippen LogP contribution in [0, 0.1) is 0 Å². The molecular formula is C16H20N2O3S3. The lowest BCUT2D eigenvalue weighted by Crippen LogP contribution is -2.45. The van der Waals surface area contributed by atoms with E-state index in [-0.39, 0.29) is 18.4 Å². The Morgan fingerprint density at radius 3 is 2.71 bits per heavy atom. The molecule has 1 N–H and O–H groups in total. The van der Waals surface area contributed by atoms with Gasteiger partial charge < -0.3 is 5.32 Å². The van der Waals surface area contributed by atoms with Gasteiger partial charge in [-0.3, -0.25) is 4.79 Å². The van der Waals surface area contributed by atoms with Gasteiger partial charge in [0.05, 0.1) is 6.54 Å². The third-order valence-electron chi connectivity index (χ3n) is 4.09. The Kier molecular flexibility index (Phi) is 5.70. The zero-order valence-corrected chi connectivity index (χ0v) is 15.6. The highest BCUT2D eigenvalue weighted by atomic mass is 32.2. The van der Waals surface area contributed by atoms with Crippen LogP contribution in [-0.2, 0) is 21.4 Å². The van der Waals surface area contributed by atoms with Crippen LogP contribution < -0.4 is 5.32 Å². The van der Waals surface area contributed by atoms with Gasteiger partial charge >= 0.3 is 0 Å². The average molecular weight is 385 g/mol. The SMILES string of the molecule is O=C(C[C@@H]1CCCCN1S(=O)(=O)c1cccs1)NCc1cccs1. The first-order valence-corrected chi connectivity index (χ1v) is 11.1. The van der Waals surface area contributed by atoms with E-state index in [1.807, 2.05) is 17.5 Å². The van der Waals surface area contributed by atoms with E-state index in [0.29, 0.717) is 17.3 Å². The lowest BCUT2D eigenvalue weighted by Gasteiger charge is -2.33. The molecule has 1 saturated heterocycles. The van der Waals surface area contributed by atoms with E-state index >= 15 is 0 Å². The van der Waals surface area contributed by atoms with Crippen molar-refractivity contribution in [2.75, 3.05) is 6.54 Å². The fourth-order valence-electron chi connectivity index (χ4n) is 2.91. The second-order valence-corrected chi connectivity index (χ2v) is 9.85. The first kappa shape index (κ1) is 17.6. The molecule has 1 aliphatic heterocycles. The molecule has 0 spiro atoms. The van der Waals surface area contributed by atoms with E-state index in [2.05, 4.69) is 5.32 Å². The fraction of sp³-hybridized carbons (Fsp3) is 0.438. The number of sulfonamides is 1. The number of thiophene rings is 2. The molecule has 3 heterocycles. The molecule has 8 heteroatoms. The lowest BCUT2D eigenvalue weighted by atomic mass is 10.0. The smallest absolute Gasteiger partial charge is 0.252 e. The van der Waals surface area contributed by atoms with Gasteiger partial charge in [0, 0.05) is 23.9 Å². The third-order valence-corrected chi connectivity index (χ3v) is 8.29. The van der Waals surface area contributed by atoms with Crippen molar-refractivity contribution in [3.05, 3.63) is 39.9 Å². The van der Waals surface area contributed by atoms with Crippen molar-refractivity contribution in [1.82, 2.24) is 9.62 Å². The summed E-state index contributed by atoms with van der Waals surface area (Å²) >= 11 is 2.82. The van der Waals surface area contributed by atoms with Crippen molar-refractivity contribution in [3.8, 4) is 0 Å². The van der Waals surface area contributed by atoms with E-state index in [9.17, 15) is 13.2 Å². The minimum atomic E-state index is -3.50. The molecule has 0 bridgehead atoms. The third kappa shape index (κ3) is 4.05. The molecule has 1 aliphatic rings. The molecule has 0 unspecified atom stereocenters. The lowest BCUT2D eigenvalue weighted by molar-refractivity contribution is -0.122. The summed E-state index contributed by atoms with van der Waals surface area (Å²) in [4.78, 5) is 13.3. The molecule has 1 fully saturated rings. The maximum absolute atomic E-state index is 12.8. The summed E-state index contributed by atoms with van der Waals surface area (Å²) in [5.74, 6) is -0.0957. The highest BCUT2D eigenvalue weighted by Crippen LogP contribution is 2.29. The number of hydrogen-bond donors (Lipinski definition) is 1. The van der Waals surface area contributed by atoms with Crippen molar-refractivity contribution in [2.24, 2.45) is 0 Å². The number of piperidine rings is 1. The molecule has 1 atom stereocenters. The Balaban J connectivity index is 1.65. The number of hydrogen-bond acceptors (Lipinski definition) is 5. The van der Waals surface area contributed by atoms with E-state index in [1.165, 1.54) is 15.6 Å². The normalized spacial score (nSPS) is 19.2. The summed E-state index contributed by atoms with van der Waals surface area (Å²) in [7, 11) is -3.50. The number of rotatable bonds is 6. The summed E-state index contributed by atoms with van der Waals surface area (Å²) in [6.07, 6.45) is 2.75. The molecule has 0 radical (unpaired) electrons. The van der Waals surface area contributed by atoms with Crippen LogP contribution in [0.1, 0.15) is 30.6 Å². The van der Waals surface area contributed by atoms with Crippen LogP contribution in [0.2, 0.25) is 0 Å². The molecule has 3 rings (SSSR count). The van der Waals surface area contributed by atoms with Crippen LogP contribution in [0.4, 0.5) is 0 Å². The van der Waals surface area contributed by atoms with Gasteiger partial charge in [-0.15, -0.1) is 22.7 Å². The van der Waals surface area contributed by atoms with Crippen LogP contribution in [0.3, 0.4) is 0 Å². The molecule has 130 valence electrons. The second kappa shape index (κ2) is 7.77. The summed E-state index contributed by atoms with van der Waals surface area (Å²) in [5, 5.41) is 6.63. The summed E-state index contributed by atoms with van der Waals surface area (Å²) in [6, 6.07) is 7.03. The zero-order chi connectivity index (χ0) is 17.0. The Hall–Kier alpha value is -1.22. The minimum absolute atomic E-state index is 0.0957. The predicted molar refractivity (Wildman–Crippen MR) is 96.6 cm³/mol. The molecule has 5 nitrogen and oxygen atoms in total. The van der Waals surface area contributed by atoms with Gasteiger partial charge in [-0.05, 0) is 35.7 Å². The van der Waals surface area contributed by atoms with Crippen LogP contribution in [0.25, 0.3) is 0 Å². The van der Waals surface area contributed by atoms with Gasteiger partial charge in [0.2, 0.25) is 5.91 Å². The van der Waals surface area contributed by atoms with E-state index < -0.39 is 10.0 Å². The van der Waals surface area contributed by atoms with Crippen molar-refractivity contribution in [3.63, 3.8) is 0 Å². The Morgan fingerprint density at radius 2 is 2.00 bits per heavy atom. The van der Waals surface area contributed by atoms with Gasteiger partial charge in [-0.1, -0.05) is 18.6 Å². The molecule has 24 heavy (non-hydrogen) atoms. The summed E-state index contributed by atoms with van der Waals surface area (Å²) in [5.41, 5.74) is 0. The van der Waals surface area contributed by atoms with Crippen molar-refractivity contribution in [2.45, 2.75) is 42.5 Å². The standard InChI is InChI=1S/C16H20N2O3S3/c19-15(17-12-14-6-3-9-22-14)11-13-5-1-2-8-18(13)24(20,21)16-7-4-10-23-16/h3-4,6-7,9-10,13H,1-2,5,8,11-12H2,(H,17,19)/t13-/m0/s1. The molecule has 0 saturated carbocycles. The monoisotopic (exact) mass is 384 g/mol. The van der Waals surface area contributed by atoms with Gasteiger partial charge in [0.15, 0.2) is 0 Å². The summed E-state index contributed by atoms with van der Waals surface area (Å²) < 4.78 is 27.5. The second-order valence-electron chi connectivity index (χ2n) is 5.76. The van der Waals surface area contributed by atoms with Crippen molar-refractivity contribution >= 4 is 38.6 Å². The Bertz CT molecular complexity index is 755. The highest BCUT2D eigenvalue weighted by Gasteiger charge is 2.35. The first-order chi connectivity index (χ1) is 11.6. The zero-order valence-electron chi connectivity index (χ0n) is 13.2. The van der Waals surface area contributed by atoms with Gasteiger partial charge in [-0.2, -0.15) is 4.31 Å². The fourth-order valence-corrected chi connectivity index (χ4v) is 6.36. The average Bonchev–Trinajstić information content (AvgIpc) is 3.27. The molecule has 1 amide bonds. The number of nitrogens with one attached hydrogen (secondary N) is 1. The number of carbonyl (C=O) groups excluding carboxylic acids is 1. The molecular weight excluding hydrogens is 364 g/mol. The quantitative estimate of drug-likeness (QED) is 0.832. The van der Waals surface area contributed by atoms with Crippen LogP contribution in [0.5, 0.6) is 0 Å². The van der Waals surface area contributed by atoms with E-state index in [4.69, 9.17) is 0 Å². The summed E-state index contributed by atoms with van der Waals surface area (Å²) in [6.45, 7) is 0.990. The van der Waals surface area contributed by atoms with Gasteiger partial charge in [0.1, 0.15) is 4.21 Å². The first-order valence-electron chi connectivity index (χ1n) is 7.92. The number of nitrogens with zero attached hydrogens (tertiary/aromatic N) is 1. The predicted octanol–water partition coefficient (Wildman–Crippen LogP) is 3.06. The van der Waals surface area contributed by atoms with E-state index in [0.717, 1.165) is 24.1 Å². The molecule has 0 aliphatic carbocycles. The Morgan fingerprint density at radius 1 is 1.21 bits per heavy atom. The van der Waals surface area contributed by atoms with Crippen molar-refractivity contribution < 1.29 is 13.2 Å². The van der Waals surface area contributed by atoms with Crippen LogP contribution in [-0.4, -0.2) is 31.2 Å². The molecule has 0 aromatic carbocycles. The maximum atomic E-state index is 12.8. The number of carbonyl (C=O) groups is 1. The highest BCUT2D eigenvalue weighted by molar-refractivity contribution is 7.91. The van der Waals surface area contributed by atoms with Gasteiger partial charge in [-0.25, -0.2) is 8.42 Å². The van der Waals surface area contributed by atoms with Crippen LogP contribution in [0.15, 0.2) is 39.2 Å². The topological polar surface area (TPSA) is 66.5 Å². The molecule has 2 aromatic heterocycles.